The molecule has 2 heterocycles. The number of aromatic carboxylic acids is 1. The van der Waals surface area contributed by atoms with E-state index in [2.05, 4.69) is 28.1 Å². The van der Waals surface area contributed by atoms with Gasteiger partial charge < -0.3 is 10.0 Å². The number of hydrogen-bond donors (Lipinski definition) is 1. The summed E-state index contributed by atoms with van der Waals surface area (Å²) in [6.07, 6.45) is 0.957. The van der Waals surface area contributed by atoms with E-state index >= 15 is 0 Å². The zero-order valence-corrected chi connectivity index (χ0v) is 10.4. The maximum atomic E-state index is 10.8. The Balaban J connectivity index is 2.00. The van der Waals surface area contributed by atoms with Crippen molar-refractivity contribution >= 4 is 17.5 Å². The number of carboxylic acid groups (broad SMARTS) is 1. The number of benzene rings is 1. The number of aromatic nitrogens is 2. The largest absolute Gasteiger partial charge is 0.476 e. The van der Waals surface area contributed by atoms with Gasteiger partial charge in [0.2, 0.25) is 0 Å². The summed E-state index contributed by atoms with van der Waals surface area (Å²) in [5.41, 5.74) is 2.36. The highest BCUT2D eigenvalue weighted by Crippen LogP contribution is 2.36. The average molecular weight is 255 g/mol. The van der Waals surface area contributed by atoms with E-state index in [1.807, 2.05) is 18.2 Å². The lowest BCUT2D eigenvalue weighted by atomic mass is 10.1. The summed E-state index contributed by atoms with van der Waals surface area (Å²) in [4.78, 5) is 12.9. The van der Waals surface area contributed by atoms with Crippen molar-refractivity contribution in [1.29, 1.82) is 0 Å². The van der Waals surface area contributed by atoms with Crippen molar-refractivity contribution < 1.29 is 9.90 Å². The lowest BCUT2D eigenvalue weighted by Gasteiger charge is -2.23. The molecule has 0 aliphatic carbocycles. The van der Waals surface area contributed by atoms with Gasteiger partial charge in [0.1, 0.15) is 0 Å². The van der Waals surface area contributed by atoms with Crippen LogP contribution >= 0.6 is 0 Å². The minimum atomic E-state index is -1.06. The van der Waals surface area contributed by atoms with Crippen LogP contribution in [0, 0.1) is 0 Å². The second-order valence-corrected chi connectivity index (χ2v) is 4.63. The fourth-order valence-corrected chi connectivity index (χ4v) is 2.48. The Labute approximate surface area is 110 Å². The number of rotatable bonds is 2. The van der Waals surface area contributed by atoms with Gasteiger partial charge in [-0.05, 0) is 37.1 Å². The highest BCUT2D eigenvalue weighted by atomic mass is 16.4. The quantitative estimate of drug-likeness (QED) is 0.891. The van der Waals surface area contributed by atoms with Crippen LogP contribution < -0.4 is 4.90 Å². The van der Waals surface area contributed by atoms with E-state index in [-0.39, 0.29) is 5.69 Å². The maximum Gasteiger partial charge on any atom is 0.356 e. The van der Waals surface area contributed by atoms with Gasteiger partial charge in [-0.2, -0.15) is 0 Å². The van der Waals surface area contributed by atoms with Gasteiger partial charge in [0.25, 0.3) is 0 Å². The third-order valence-corrected chi connectivity index (χ3v) is 3.32. The van der Waals surface area contributed by atoms with Gasteiger partial charge >= 0.3 is 5.97 Å². The summed E-state index contributed by atoms with van der Waals surface area (Å²) < 4.78 is 0. The summed E-state index contributed by atoms with van der Waals surface area (Å²) in [7, 11) is 0. The number of nitrogens with zero attached hydrogens (tertiary/aromatic N) is 3. The molecule has 0 radical (unpaired) electrons. The maximum absolute atomic E-state index is 10.8. The van der Waals surface area contributed by atoms with E-state index in [1.54, 1.807) is 6.07 Å². The van der Waals surface area contributed by atoms with Crippen LogP contribution in [0.25, 0.3) is 0 Å². The number of para-hydroxylation sites is 1. The highest BCUT2D eigenvalue weighted by molar-refractivity contribution is 5.85. The van der Waals surface area contributed by atoms with Crippen LogP contribution in [0.2, 0.25) is 0 Å². The second-order valence-electron chi connectivity index (χ2n) is 4.63. The first-order chi connectivity index (χ1) is 9.16. The van der Waals surface area contributed by atoms with Crippen molar-refractivity contribution in [2.75, 3.05) is 4.90 Å². The molecule has 2 aromatic rings. The van der Waals surface area contributed by atoms with E-state index in [0.29, 0.717) is 11.9 Å². The number of anilines is 2. The summed E-state index contributed by atoms with van der Waals surface area (Å²) in [6.45, 7) is 2.12. The van der Waals surface area contributed by atoms with Crippen molar-refractivity contribution in [2.45, 2.75) is 19.4 Å². The molecular formula is C14H13N3O2. The molecule has 0 amide bonds. The standard InChI is InChI=1S/C14H13N3O2/c1-9-8-10-4-2-3-5-12(10)17(9)13-7-6-11(14(18)19)15-16-13/h2-7,9H,8H2,1H3,(H,18,19). The fourth-order valence-electron chi connectivity index (χ4n) is 2.48. The Kier molecular flexibility index (Phi) is 2.67. The summed E-state index contributed by atoms with van der Waals surface area (Å²) in [5, 5.41) is 16.6. The van der Waals surface area contributed by atoms with Crippen LogP contribution in [0.5, 0.6) is 0 Å². The molecule has 1 N–H and O–H groups in total. The first kappa shape index (κ1) is 11.6. The van der Waals surface area contributed by atoms with Crippen molar-refractivity contribution in [3.63, 3.8) is 0 Å². The number of hydrogen-bond acceptors (Lipinski definition) is 4. The van der Waals surface area contributed by atoms with E-state index in [4.69, 9.17) is 5.11 Å². The average Bonchev–Trinajstić information content (AvgIpc) is 2.74. The van der Waals surface area contributed by atoms with Crippen molar-refractivity contribution in [1.82, 2.24) is 10.2 Å². The predicted molar refractivity (Wildman–Crippen MR) is 70.7 cm³/mol. The SMILES string of the molecule is CC1Cc2ccccc2N1c1ccc(C(=O)O)nn1. The Morgan fingerprint density at radius 2 is 2.05 bits per heavy atom. The molecule has 0 saturated heterocycles. The Morgan fingerprint density at radius 3 is 2.74 bits per heavy atom. The van der Waals surface area contributed by atoms with Gasteiger partial charge in [-0.15, -0.1) is 10.2 Å². The summed E-state index contributed by atoms with van der Waals surface area (Å²) in [5.74, 6) is -0.378. The molecule has 1 aliphatic rings. The first-order valence-electron chi connectivity index (χ1n) is 6.11. The van der Waals surface area contributed by atoms with Gasteiger partial charge in [-0.25, -0.2) is 4.79 Å². The Bertz CT molecular complexity index is 625. The monoisotopic (exact) mass is 255 g/mol. The lowest BCUT2D eigenvalue weighted by Crippen LogP contribution is -2.25. The van der Waals surface area contributed by atoms with Crippen LogP contribution in [0.15, 0.2) is 36.4 Å². The summed E-state index contributed by atoms with van der Waals surface area (Å²) in [6, 6.07) is 11.6. The van der Waals surface area contributed by atoms with Gasteiger partial charge in [0.05, 0.1) is 0 Å². The van der Waals surface area contributed by atoms with E-state index < -0.39 is 5.97 Å². The second kappa shape index (κ2) is 4.35. The molecule has 1 unspecified atom stereocenters. The fraction of sp³-hybridized carbons (Fsp3) is 0.214. The van der Waals surface area contributed by atoms with Crippen molar-refractivity contribution in [3.05, 3.63) is 47.7 Å². The lowest BCUT2D eigenvalue weighted by molar-refractivity contribution is 0.0689. The van der Waals surface area contributed by atoms with Crippen LogP contribution in [0.3, 0.4) is 0 Å². The molecule has 0 spiro atoms. The van der Waals surface area contributed by atoms with E-state index in [1.165, 1.54) is 11.6 Å². The van der Waals surface area contributed by atoms with Crippen LogP contribution in [-0.2, 0) is 6.42 Å². The molecular weight excluding hydrogens is 242 g/mol. The molecule has 1 aromatic carbocycles. The van der Waals surface area contributed by atoms with Gasteiger partial charge in [-0.1, -0.05) is 18.2 Å². The summed E-state index contributed by atoms with van der Waals surface area (Å²) >= 11 is 0. The van der Waals surface area contributed by atoms with E-state index in [0.717, 1.165) is 12.1 Å². The molecule has 0 bridgehead atoms. The van der Waals surface area contributed by atoms with E-state index in [9.17, 15) is 4.79 Å². The topological polar surface area (TPSA) is 66.3 Å². The third kappa shape index (κ3) is 1.93. The highest BCUT2D eigenvalue weighted by Gasteiger charge is 2.27. The molecule has 1 aromatic heterocycles. The molecule has 96 valence electrons. The third-order valence-electron chi connectivity index (χ3n) is 3.32. The number of carboxylic acids is 1. The molecule has 3 rings (SSSR count). The minimum Gasteiger partial charge on any atom is -0.476 e. The normalized spacial score (nSPS) is 17.3. The Hall–Kier alpha value is -2.43. The van der Waals surface area contributed by atoms with Gasteiger partial charge in [0.15, 0.2) is 11.5 Å². The molecule has 5 nitrogen and oxygen atoms in total. The number of fused-ring (bicyclic) bond motifs is 1. The molecule has 1 aliphatic heterocycles. The zero-order valence-electron chi connectivity index (χ0n) is 10.4. The van der Waals surface area contributed by atoms with Gasteiger partial charge in [-0.3, -0.25) is 0 Å². The zero-order chi connectivity index (χ0) is 13.4. The molecule has 0 saturated carbocycles. The molecule has 19 heavy (non-hydrogen) atoms. The van der Waals surface area contributed by atoms with Crippen molar-refractivity contribution in [2.24, 2.45) is 0 Å². The van der Waals surface area contributed by atoms with Gasteiger partial charge in [0, 0.05) is 11.7 Å². The van der Waals surface area contributed by atoms with Crippen molar-refractivity contribution in [3.8, 4) is 0 Å². The van der Waals surface area contributed by atoms with Crippen LogP contribution in [-0.4, -0.2) is 27.3 Å². The van der Waals surface area contributed by atoms with Crippen LogP contribution in [0.4, 0.5) is 11.5 Å². The molecule has 5 heteroatoms. The molecule has 0 fully saturated rings. The number of carbonyl (C=O) groups is 1. The minimum absolute atomic E-state index is 0.0381. The molecule has 1 atom stereocenters. The predicted octanol–water partition coefficient (Wildman–Crippen LogP) is 2.26. The Morgan fingerprint density at radius 1 is 1.26 bits per heavy atom. The van der Waals surface area contributed by atoms with Crippen LogP contribution in [0.1, 0.15) is 23.0 Å². The first-order valence-corrected chi connectivity index (χ1v) is 6.11. The smallest absolute Gasteiger partial charge is 0.356 e.